The lowest BCUT2D eigenvalue weighted by Crippen LogP contribution is -2.37. The molecule has 0 aromatic carbocycles. The molecule has 4 rings (SSSR count). The molecule has 4 heterocycles. The minimum absolute atomic E-state index is 0.0868. The van der Waals surface area contributed by atoms with Crippen molar-refractivity contribution in [1.29, 1.82) is 0 Å². The van der Waals surface area contributed by atoms with Crippen molar-refractivity contribution >= 4 is 39.3 Å². The third kappa shape index (κ3) is 2.57. The fourth-order valence-corrected chi connectivity index (χ4v) is 3.34. The number of amides is 2. The van der Waals surface area contributed by atoms with Crippen molar-refractivity contribution in [2.24, 2.45) is 0 Å². The Morgan fingerprint density at radius 2 is 2.35 bits per heavy atom. The minimum atomic E-state index is -0.466. The molecule has 0 spiro atoms. The molecule has 0 saturated carbocycles. The zero-order valence-electron chi connectivity index (χ0n) is 12.0. The van der Waals surface area contributed by atoms with Crippen LogP contribution in [0.5, 0.6) is 0 Å². The Labute approximate surface area is 135 Å². The summed E-state index contributed by atoms with van der Waals surface area (Å²) in [5.41, 5.74) is 2.52. The van der Waals surface area contributed by atoms with Gasteiger partial charge < -0.3 is 15.6 Å². The van der Waals surface area contributed by atoms with E-state index in [2.05, 4.69) is 25.6 Å². The summed E-state index contributed by atoms with van der Waals surface area (Å²) in [5.74, 6) is -0.311. The monoisotopic (exact) mass is 327 g/mol. The van der Waals surface area contributed by atoms with Crippen molar-refractivity contribution in [2.45, 2.75) is 18.9 Å². The number of nitrogens with one attached hydrogen (secondary N) is 3. The summed E-state index contributed by atoms with van der Waals surface area (Å²) in [6.45, 7) is 0. The Morgan fingerprint density at radius 1 is 1.43 bits per heavy atom. The first-order valence-electron chi connectivity index (χ1n) is 7.19. The van der Waals surface area contributed by atoms with Gasteiger partial charge in [0.15, 0.2) is 5.13 Å². The van der Waals surface area contributed by atoms with Crippen molar-refractivity contribution < 1.29 is 9.59 Å². The second kappa shape index (κ2) is 5.47. The van der Waals surface area contributed by atoms with Gasteiger partial charge in [0.25, 0.3) is 0 Å². The summed E-state index contributed by atoms with van der Waals surface area (Å²) in [6, 6.07) is 3.38. The highest BCUT2D eigenvalue weighted by Crippen LogP contribution is 2.30. The number of aromatic amines is 1. The molecule has 1 aliphatic heterocycles. The van der Waals surface area contributed by atoms with Gasteiger partial charge in [0.2, 0.25) is 11.8 Å². The van der Waals surface area contributed by atoms with E-state index in [1.807, 2.05) is 23.7 Å². The molecule has 2 amide bonds. The van der Waals surface area contributed by atoms with Gasteiger partial charge in [-0.15, -0.1) is 11.3 Å². The fourth-order valence-electron chi connectivity index (χ4n) is 2.63. The molecule has 0 radical (unpaired) electrons. The maximum atomic E-state index is 12.1. The van der Waals surface area contributed by atoms with Crippen molar-refractivity contribution in [1.82, 2.24) is 20.3 Å². The number of H-pyrrole nitrogens is 1. The number of thiazole rings is 1. The van der Waals surface area contributed by atoms with Crippen molar-refractivity contribution in [3.63, 3.8) is 0 Å². The van der Waals surface area contributed by atoms with Crippen LogP contribution in [0.15, 0.2) is 29.9 Å². The summed E-state index contributed by atoms with van der Waals surface area (Å²) in [7, 11) is 0. The maximum Gasteiger partial charge on any atom is 0.248 e. The highest BCUT2D eigenvalue weighted by Gasteiger charge is 2.27. The normalized spacial score (nSPS) is 17.4. The number of hydrogen-bond donors (Lipinski definition) is 3. The van der Waals surface area contributed by atoms with Crippen LogP contribution in [-0.4, -0.2) is 32.8 Å². The molecule has 0 unspecified atom stereocenters. The number of pyridine rings is 1. The molecule has 8 heteroatoms. The molecule has 0 aliphatic carbocycles. The Hall–Kier alpha value is -2.74. The molecule has 1 aliphatic rings. The Morgan fingerprint density at radius 3 is 3.17 bits per heavy atom. The van der Waals surface area contributed by atoms with Gasteiger partial charge in [-0.05, 0) is 18.6 Å². The van der Waals surface area contributed by atoms with Crippen molar-refractivity contribution in [2.75, 3.05) is 5.32 Å². The van der Waals surface area contributed by atoms with E-state index >= 15 is 0 Å². The smallest absolute Gasteiger partial charge is 0.248 e. The number of carbonyl (C=O) groups is 2. The quantitative estimate of drug-likeness (QED) is 0.684. The Balaban J connectivity index is 1.55. The lowest BCUT2D eigenvalue weighted by molar-refractivity contribution is -0.122. The first kappa shape index (κ1) is 13.9. The minimum Gasteiger partial charge on any atom is -0.345 e. The summed E-state index contributed by atoms with van der Waals surface area (Å²) in [5, 5.41) is 8.80. The number of carbonyl (C=O) groups excluding carboxylic acids is 2. The van der Waals surface area contributed by atoms with E-state index < -0.39 is 6.04 Å². The van der Waals surface area contributed by atoms with E-state index in [9.17, 15) is 9.59 Å². The van der Waals surface area contributed by atoms with E-state index in [1.165, 1.54) is 11.3 Å². The first-order valence-corrected chi connectivity index (χ1v) is 8.07. The largest absolute Gasteiger partial charge is 0.345 e. The second-order valence-electron chi connectivity index (χ2n) is 5.29. The van der Waals surface area contributed by atoms with Gasteiger partial charge in [-0.2, -0.15) is 0 Å². The SMILES string of the molecule is O=C1CC[C@@H](C(=O)Nc2nc(-c3c[nH]c4ncccc34)cs2)N1. The van der Waals surface area contributed by atoms with Gasteiger partial charge in [-0.25, -0.2) is 9.97 Å². The molecule has 3 N–H and O–H groups in total. The predicted molar refractivity (Wildman–Crippen MR) is 87.0 cm³/mol. The molecule has 0 bridgehead atoms. The second-order valence-corrected chi connectivity index (χ2v) is 6.15. The van der Waals surface area contributed by atoms with Gasteiger partial charge in [-0.1, -0.05) is 0 Å². The molecule has 23 heavy (non-hydrogen) atoms. The van der Waals surface area contributed by atoms with E-state index in [0.717, 1.165) is 22.3 Å². The summed E-state index contributed by atoms with van der Waals surface area (Å²) >= 11 is 1.35. The molecule has 1 saturated heterocycles. The molecular formula is C15H13N5O2S. The predicted octanol–water partition coefficient (Wildman–Crippen LogP) is 1.90. The third-order valence-electron chi connectivity index (χ3n) is 3.77. The molecular weight excluding hydrogens is 314 g/mol. The van der Waals surface area contributed by atoms with Crippen LogP contribution in [0.4, 0.5) is 5.13 Å². The standard InChI is InChI=1S/C15H13N5O2S/c21-12-4-3-10(18-12)14(22)20-15-19-11(7-23-15)9-6-17-13-8(9)2-1-5-16-13/h1-2,5-7,10H,3-4H2,(H,16,17)(H,18,21)(H,19,20,22)/t10-/m0/s1. The van der Waals surface area contributed by atoms with Crippen LogP contribution >= 0.6 is 11.3 Å². The summed E-state index contributed by atoms with van der Waals surface area (Å²) < 4.78 is 0. The molecule has 7 nitrogen and oxygen atoms in total. The van der Waals surface area contributed by atoms with Crippen LogP contribution in [0.1, 0.15) is 12.8 Å². The summed E-state index contributed by atoms with van der Waals surface area (Å²) in [6.07, 6.45) is 4.50. The van der Waals surface area contributed by atoms with Gasteiger partial charge in [0.05, 0.1) is 5.69 Å². The highest BCUT2D eigenvalue weighted by atomic mass is 32.1. The van der Waals surface area contributed by atoms with Crippen LogP contribution in [0.2, 0.25) is 0 Å². The number of aromatic nitrogens is 3. The lowest BCUT2D eigenvalue weighted by Gasteiger charge is -2.08. The van der Waals surface area contributed by atoms with Crippen LogP contribution in [-0.2, 0) is 9.59 Å². The van der Waals surface area contributed by atoms with Crippen LogP contribution in [0.3, 0.4) is 0 Å². The molecule has 3 aromatic rings. The maximum absolute atomic E-state index is 12.1. The van der Waals surface area contributed by atoms with Crippen LogP contribution in [0, 0.1) is 0 Å². The van der Waals surface area contributed by atoms with E-state index in [0.29, 0.717) is 18.0 Å². The van der Waals surface area contributed by atoms with Gasteiger partial charge in [0, 0.05) is 35.1 Å². The molecule has 3 aromatic heterocycles. The van der Waals surface area contributed by atoms with Gasteiger partial charge in [-0.3, -0.25) is 9.59 Å². The molecule has 116 valence electrons. The van der Waals surface area contributed by atoms with E-state index in [1.54, 1.807) is 6.20 Å². The van der Waals surface area contributed by atoms with Crippen LogP contribution < -0.4 is 10.6 Å². The van der Waals surface area contributed by atoms with E-state index in [-0.39, 0.29) is 11.8 Å². The molecule has 1 atom stereocenters. The highest BCUT2D eigenvalue weighted by molar-refractivity contribution is 7.14. The van der Waals surface area contributed by atoms with E-state index in [4.69, 9.17) is 0 Å². The van der Waals surface area contributed by atoms with Gasteiger partial charge >= 0.3 is 0 Å². The molecule has 1 fully saturated rings. The summed E-state index contributed by atoms with van der Waals surface area (Å²) in [4.78, 5) is 35.1. The third-order valence-corrected chi connectivity index (χ3v) is 4.53. The van der Waals surface area contributed by atoms with Crippen molar-refractivity contribution in [3.8, 4) is 11.3 Å². The van der Waals surface area contributed by atoms with Gasteiger partial charge in [0.1, 0.15) is 11.7 Å². The fraction of sp³-hybridized carbons (Fsp3) is 0.200. The number of rotatable bonds is 3. The van der Waals surface area contributed by atoms with Crippen molar-refractivity contribution in [3.05, 3.63) is 29.9 Å². The topological polar surface area (TPSA) is 99.8 Å². The average molecular weight is 327 g/mol. The first-order chi connectivity index (χ1) is 11.2. The Kier molecular flexibility index (Phi) is 3.30. The zero-order valence-corrected chi connectivity index (χ0v) is 12.8. The lowest BCUT2D eigenvalue weighted by atomic mass is 10.2. The average Bonchev–Trinajstić information content (AvgIpc) is 3.26. The number of fused-ring (bicyclic) bond motifs is 1. The Bertz CT molecular complexity index is 900. The zero-order chi connectivity index (χ0) is 15.8. The number of hydrogen-bond acceptors (Lipinski definition) is 5. The number of nitrogens with zero attached hydrogens (tertiary/aromatic N) is 2. The number of anilines is 1. The van der Waals surface area contributed by atoms with Crippen LogP contribution in [0.25, 0.3) is 22.3 Å².